The lowest BCUT2D eigenvalue weighted by Gasteiger charge is -2.11. The molecule has 2 aromatic rings. The van der Waals surface area contributed by atoms with Gasteiger partial charge in [0.15, 0.2) is 5.96 Å². The number of hydrogen-bond donors (Lipinski definition) is 2. The van der Waals surface area contributed by atoms with Gasteiger partial charge in [0, 0.05) is 18.5 Å². The topological polar surface area (TPSA) is 62.5 Å². The zero-order valence-electron chi connectivity index (χ0n) is 14.7. The third-order valence-corrected chi connectivity index (χ3v) is 4.21. The highest BCUT2D eigenvalue weighted by atomic mass is 127. The van der Waals surface area contributed by atoms with Gasteiger partial charge in [-0.05, 0) is 38.8 Å². The molecule has 136 valence electrons. The first kappa shape index (κ1) is 19.7. The van der Waals surface area contributed by atoms with Gasteiger partial charge in [-0.3, -0.25) is 0 Å². The molecule has 1 saturated carbocycles. The molecule has 1 aliphatic rings. The molecule has 1 heterocycles. The van der Waals surface area contributed by atoms with Crippen LogP contribution < -0.4 is 10.6 Å². The summed E-state index contributed by atoms with van der Waals surface area (Å²) in [5, 5.41) is 6.57. The number of nitrogens with zero attached hydrogens (tertiary/aromatic N) is 2. The molecule has 0 radical (unpaired) electrons. The van der Waals surface area contributed by atoms with E-state index in [-0.39, 0.29) is 41.8 Å². The molecule has 2 N–H and O–H groups in total. The van der Waals surface area contributed by atoms with Gasteiger partial charge in [0.25, 0.3) is 0 Å². The smallest absolute Gasteiger partial charge is 0.216 e. The van der Waals surface area contributed by atoms with E-state index in [1.165, 1.54) is 6.07 Å². The first-order valence-corrected chi connectivity index (χ1v) is 8.30. The van der Waals surface area contributed by atoms with Crippen LogP contribution in [-0.4, -0.2) is 23.5 Å². The largest absolute Gasteiger partial charge is 0.444 e. The van der Waals surface area contributed by atoms with Gasteiger partial charge in [0.2, 0.25) is 5.89 Å². The molecule has 25 heavy (non-hydrogen) atoms. The minimum absolute atomic E-state index is 0. The van der Waals surface area contributed by atoms with Crippen LogP contribution in [0.5, 0.6) is 0 Å². The summed E-state index contributed by atoms with van der Waals surface area (Å²) in [6, 6.07) is 7.16. The number of guanidine groups is 1. The van der Waals surface area contributed by atoms with Gasteiger partial charge < -0.3 is 15.1 Å². The Balaban J connectivity index is 0.00000225. The summed E-state index contributed by atoms with van der Waals surface area (Å²) < 4.78 is 19.4. The van der Waals surface area contributed by atoms with Crippen molar-refractivity contribution in [3.8, 4) is 0 Å². The predicted molar refractivity (Wildman–Crippen MR) is 107 cm³/mol. The maximum Gasteiger partial charge on any atom is 0.216 e. The number of aryl methyl sites for hydroxylation is 2. The number of benzene rings is 1. The molecular formula is C18H24FIN4O. The Morgan fingerprint density at radius 2 is 2.12 bits per heavy atom. The van der Waals surface area contributed by atoms with Crippen molar-refractivity contribution < 1.29 is 8.81 Å². The summed E-state index contributed by atoms with van der Waals surface area (Å²) in [6.07, 6.45) is 0.905. The third kappa shape index (κ3) is 4.93. The van der Waals surface area contributed by atoms with Gasteiger partial charge in [-0.25, -0.2) is 14.4 Å². The highest BCUT2D eigenvalue weighted by molar-refractivity contribution is 14.0. The molecule has 1 fully saturated rings. The second-order valence-electron chi connectivity index (χ2n) is 6.06. The maximum atomic E-state index is 13.9. The van der Waals surface area contributed by atoms with E-state index in [4.69, 9.17) is 4.42 Å². The second kappa shape index (κ2) is 8.64. The Morgan fingerprint density at radius 3 is 2.76 bits per heavy atom. The van der Waals surface area contributed by atoms with Gasteiger partial charge in [-0.2, -0.15) is 0 Å². The van der Waals surface area contributed by atoms with Crippen LogP contribution in [0.15, 0.2) is 33.7 Å². The number of aromatic nitrogens is 1. The van der Waals surface area contributed by atoms with Gasteiger partial charge in [0.05, 0.1) is 5.69 Å². The first-order valence-electron chi connectivity index (χ1n) is 8.30. The molecule has 1 aromatic carbocycles. The number of hydrogen-bond acceptors (Lipinski definition) is 3. The van der Waals surface area contributed by atoms with E-state index in [2.05, 4.69) is 20.6 Å². The van der Waals surface area contributed by atoms with Crippen LogP contribution in [0.1, 0.15) is 42.2 Å². The van der Waals surface area contributed by atoms with E-state index in [0.29, 0.717) is 18.4 Å². The molecule has 0 spiro atoms. The highest BCUT2D eigenvalue weighted by Gasteiger charge is 2.40. The van der Waals surface area contributed by atoms with Crippen LogP contribution in [0.3, 0.4) is 0 Å². The lowest BCUT2D eigenvalue weighted by Crippen LogP contribution is -2.39. The van der Waals surface area contributed by atoms with Crippen molar-refractivity contribution >= 4 is 29.9 Å². The fraction of sp³-hybridized carbons (Fsp3) is 0.444. The predicted octanol–water partition coefficient (Wildman–Crippen LogP) is 3.66. The van der Waals surface area contributed by atoms with E-state index in [0.717, 1.165) is 30.0 Å². The molecular weight excluding hydrogens is 434 g/mol. The van der Waals surface area contributed by atoms with Gasteiger partial charge in [0.1, 0.15) is 18.1 Å². The van der Waals surface area contributed by atoms with Crippen LogP contribution >= 0.6 is 24.0 Å². The van der Waals surface area contributed by atoms with Crippen LogP contribution in [0.2, 0.25) is 0 Å². The van der Waals surface area contributed by atoms with E-state index in [1.807, 2.05) is 32.9 Å². The summed E-state index contributed by atoms with van der Waals surface area (Å²) in [5.74, 6) is 2.18. The lowest BCUT2D eigenvalue weighted by molar-refractivity contribution is 0.472. The quantitative estimate of drug-likeness (QED) is 0.408. The molecule has 2 unspecified atom stereocenters. The van der Waals surface area contributed by atoms with Crippen LogP contribution in [0.4, 0.5) is 4.39 Å². The number of halogens is 2. The van der Waals surface area contributed by atoms with Crippen molar-refractivity contribution in [3.05, 3.63) is 53.0 Å². The average molecular weight is 458 g/mol. The molecule has 2 atom stereocenters. The van der Waals surface area contributed by atoms with Crippen molar-refractivity contribution in [3.63, 3.8) is 0 Å². The van der Waals surface area contributed by atoms with E-state index >= 15 is 0 Å². The number of rotatable bonds is 5. The zero-order chi connectivity index (χ0) is 17.1. The van der Waals surface area contributed by atoms with Gasteiger partial charge in [-0.15, -0.1) is 24.0 Å². The molecule has 0 aliphatic heterocycles. The Bertz CT molecular complexity index is 727. The highest BCUT2D eigenvalue weighted by Crippen LogP contribution is 2.41. The van der Waals surface area contributed by atoms with E-state index in [1.54, 1.807) is 6.07 Å². The second-order valence-corrected chi connectivity index (χ2v) is 6.06. The van der Waals surface area contributed by atoms with E-state index in [9.17, 15) is 4.39 Å². The molecule has 0 saturated heterocycles. The average Bonchev–Trinajstić information content (AvgIpc) is 3.23. The minimum atomic E-state index is -0.139. The molecule has 5 nitrogen and oxygen atoms in total. The summed E-state index contributed by atoms with van der Waals surface area (Å²) in [6.45, 7) is 6.95. The van der Waals surface area contributed by atoms with Gasteiger partial charge >= 0.3 is 0 Å². The Kier molecular flexibility index (Phi) is 6.80. The standard InChI is InChI=1S/C18H23FN4O.HI/c1-4-20-18(21-10-17-22-11(2)12(3)24-17)23-16-9-14(16)13-7-5-6-8-15(13)19;/h5-8,14,16H,4,9-10H2,1-3H3,(H2,20,21,23);1H. The monoisotopic (exact) mass is 458 g/mol. The summed E-state index contributed by atoms with van der Waals surface area (Å²) in [4.78, 5) is 8.85. The van der Waals surface area contributed by atoms with Gasteiger partial charge in [-0.1, -0.05) is 18.2 Å². The normalized spacial score (nSPS) is 19.3. The fourth-order valence-corrected chi connectivity index (χ4v) is 2.72. The van der Waals surface area contributed by atoms with Crippen molar-refractivity contribution in [2.75, 3.05) is 6.54 Å². The minimum Gasteiger partial charge on any atom is -0.444 e. The Morgan fingerprint density at radius 1 is 1.36 bits per heavy atom. The number of nitrogens with one attached hydrogen (secondary N) is 2. The molecule has 0 amide bonds. The van der Waals surface area contributed by atoms with Crippen molar-refractivity contribution in [2.24, 2.45) is 4.99 Å². The van der Waals surface area contributed by atoms with Crippen LogP contribution in [-0.2, 0) is 6.54 Å². The molecule has 1 aliphatic carbocycles. The zero-order valence-corrected chi connectivity index (χ0v) is 17.0. The first-order chi connectivity index (χ1) is 11.6. The summed E-state index contributed by atoms with van der Waals surface area (Å²) in [5.41, 5.74) is 1.66. The van der Waals surface area contributed by atoms with Crippen LogP contribution in [0.25, 0.3) is 0 Å². The van der Waals surface area contributed by atoms with Crippen molar-refractivity contribution in [1.29, 1.82) is 0 Å². The fourth-order valence-electron chi connectivity index (χ4n) is 2.72. The molecule has 1 aromatic heterocycles. The van der Waals surface area contributed by atoms with Crippen molar-refractivity contribution in [2.45, 2.75) is 45.7 Å². The molecule has 3 rings (SSSR count). The Hall–Kier alpha value is -1.64. The molecule has 7 heteroatoms. The summed E-state index contributed by atoms with van der Waals surface area (Å²) >= 11 is 0. The number of aliphatic imine (C=N–C) groups is 1. The molecule has 0 bridgehead atoms. The SMILES string of the molecule is CCNC(=NCc1nc(C)c(C)o1)NC1CC1c1ccccc1F.I. The van der Waals surface area contributed by atoms with E-state index < -0.39 is 0 Å². The summed E-state index contributed by atoms with van der Waals surface area (Å²) in [7, 11) is 0. The van der Waals surface area contributed by atoms with Crippen LogP contribution in [0, 0.1) is 19.7 Å². The lowest BCUT2D eigenvalue weighted by atomic mass is 10.1. The van der Waals surface area contributed by atoms with Crippen molar-refractivity contribution in [1.82, 2.24) is 15.6 Å². The number of oxazole rings is 1. The Labute approximate surface area is 164 Å². The maximum absolute atomic E-state index is 13.9. The third-order valence-electron chi connectivity index (χ3n) is 4.21.